The Morgan fingerprint density at radius 1 is 1.24 bits per heavy atom. The number of halogens is 2. The SMILES string of the molecule is Cl.OC[C@@H](c1ccc(Cl)cc1)N1CCNCC1. The molecule has 2 N–H and O–H groups in total. The summed E-state index contributed by atoms with van der Waals surface area (Å²) >= 11 is 5.86. The molecule has 0 aliphatic carbocycles. The van der Waals surface area contributed by atoms with Gasteiger partial charge in [0.25, 0.3) is 0 Å². The van der Waals surface area contributed by atoms with Crippen LogP contribution in [0.5, 0.6) is 0 Å². The monoisotopic (exact) mass is 276 g/mol. The van der Waals surface area contributed by atoms with Crippen LogP contribution < -0.4 is 5.32 Å². The quantitative estimate of drug-likeness (QED) is 0.882. The van der Waals surface area contributed by atoms with Crippen molar-refractivity contribution in [2.75, 3.05) is 32.8 Å². The van der Waals surface area contributed by atoms with Crippen LogP contribution in [0.2, 0.25) is 5.02 Å². The molecular formula is C12H18Cl2N2O. The van der Waals surface area contributed by atoms with Crippen LogP contribution in [0.15, 0.2) is 24.3 Å². The summed E-state index contributed by atoms with van der Waals surface area (Å²) in [5, 5.41) is 13.6. The number of nitrogens with one attached hydrogen (secondary N) is 1. The predicted octanol–water partition coefficient (Wildman–Crippen LogP) is 1.70. The molecule has 0 aromatic heterocycles. The maximum Gasteiger partial charge on any atom is 0.0628 e. The highest BCUT2D eigenvalue weighted by atomic mass is 35.5. The van der Waals surface area contributed by atoms with Gasteiger partial charge >= 0.3 is 0 Å². The second-order valence-corrected chi connectivity index (χ2v) is 4.47. The normalized spacial score (nSPS) is 18.5. The summed E-state index contributed by atoms with van der Waals surface area (Å²) < 4.78 is 0. The van der Waals surface area contributed by atoms with Gasteiger partial charge in [0.05, 0.1) is 12.6 Å². The van der Waals surface area contributed by atoms with Gasteiger partial charge < -0.3 is 10.4 Å². The molecule has 0 bridgehead atoms. The molecule has 0 unspecified atom stereocenters. The highest BCUT2D eigenvalue weighted by Crippen LogP contribution is 2.22. The Balaban J connectivity index is 0.00000144. The summed E-state index contributed by atoms with van der Waals surface area (Å²) in [6, 6.07) is 7.83. The van der Waals surface area contributed by atoms with E-state index in [1.54, 1.807) is 0 Å². The van der Waals surface area contributed by atoms with Crippen molar-refractivity contribution in [3.63, 3.8) is 0 Å². The van der Waals surface area contributed by atoms with Crippen LogP contribution in [0.1, 0.15) is 11.6 Å². The molecule has 1 aliphatic heterocycles. The lowest BCUT2D eigenvalue weighted by molar-refractivity contribution is 0.111. The highest BCUT2D eigenvalue weighted by molar-refractivity contribution is 6.30. The van der Waals surface area contributed by atoms with Crippen molar-refractivity contribution in [1.29, 1.82) is 0 Å². The topological polar surface area (TPSA) is 35.5 Å². The molecule has 96 valence electrons. The van der Waals surface area contributed by atoms with E-state index in [2.05, 4.69) is 10.2 Å². The summed E-state index contributed by atoms with van der Waals surface area (Å²) in [5.74, 6) is 0. The van der Waals surface area contributed by atoms with Gasteiger partial charge in [0.1, 0.15) is 0 Å². The standard InChI is InChI=1S/C12H17ClN2O.ClH/c13-11-3-1-10(2-4-11)12(9-16)15-7-5-14-6-8-15;/h1-4,12,14,16H,5-9H2;1H/t12-;/m0./s1. The fourth-order valence-electron chi connectivity index (χ4n) is 2.11. The van der Waals surface area contributed by atoms with Crippen molar-refractivity contribution < 1.29 is 5.11 Å². The van der Waals surface area contributed by atoms with Crippen LogP contribution >= 0.6 is 24.0 Å². The molecule has 1 saturated heterocycles. The molecule has 3 nitrogen and oxygen atoms in total. The molecule has 1 aromatic carbocycles. The minimum Gasteiger partial charge on any atom is -0.394 e. The molecule has 1 atom stereocenters. The molecule has 1 heterocycles. The molecule has 1 aliphatic rings. The average Bonchev–Trinajstić information content (AvgIpc) is 2.34. The summed E-state index contributed by atoms with van der Waals surface area (Å²) in [6.45, 7) is 4.09. The Bertz CT molecular complexity index is 326. The van der Waals surface area contributed by atoms with E-state index in [0.717, 1.165) is 36.8 Å². The smallest absolute Gasteiger partial charge is 0.0628 e. The van der Waals surface area contributed by atoms with E-state index in [1.165, 1.54) is 0 Å². The third-order valence-corrected chi connectivity index (χ3v) is 3.27. The van der Waals surface area contributed by atoms with Crippen molar-refractivity contribution in [3.8, 4) is 0 Å². The molecule has 0 radical (unpaired) electrons. The molecule has 17 heavy (non-hydrogen) atoms. The van der Waals surface area contributed by atoms with Crippen molar-refractivity contribution in [2.24, 2.45) is 0 Å². The Labute approximate surface area is 113 Å². The minimum atomic E-state index is 0. The zero-order chi connectivity index (χ0) is 11.4. The Morgan fingerprint density at radius 3 is 2.35 bits per heavy atom. The largest absolute Gasteiger partial charge is 0.394 e. The number of rotatable bonds is 3. The Morgan fingerprint density at radius 2 is 1.82 bits per heavy atom. The fraction of sp³-hybridized carbons (Fsp3) is 0.500. The Hall–Kier alpha value is -0.320. The maximum atomic E-state index is 9.51. The van der Waals surface area contributed by atoms with Gasteiger partial charge in [-0.15, -0.1) is 12.4 Å². The van der Waals surface area contributed by atoms with E-state index in [1.807, 2.05) is 24.3 Å². The van der Waals surface area contributed by atoms with Gasteiger partial charge in [-0.25, -0.2) is 0 Å². The van der Waals surface area contributed by atoms with Gasteiger partial charge in [-0.1, -0.05) is 23.7 Å². The number of piperazine rings is 1. The molecule has 0 spiro atoms. The van der Waals surface area contributed by atoms with E-state index >= 15 is 0 Å². The lowest BCUT2D eigenvalue weighted by Gasteiger charge is -2.34. The summed E-state index contributed by atoms with van der Waals surface area (Å²) in [4.78, 5) is 2.31. The van der Waals surface area contributed by atoms with Crippen molar-refractivity contribution in [2.45, 2.75) is 6.04 Å². The van der Waals surface area contributed by atoms with Gasteiger partial charge in [0, 0.05) is 31.2 Å². The lowest BCUT2D eigenvalue weighted by atomic mass is 10.1. The van der Waals surface area contributed by atoms with Crippen LogP contribution in [0, 0.1) is 0 Å². The van der Waals surface area contributed by atoms with E-state index in [9.17, 15) is 5.11 Å². The first-order valence-electron chi connectivity index (χ1n) is 5.62. The molecule has 0 amide bonds. The summed E-state index contributed by atoms with van der Waals surface area (Å²) in [7, 11) is 0. The van der Waals surface area contributed by atoms with Gasteiger partial charge in [-0.2, -0.15) is 0 Å². The number of nitrogens with zero attached hydrogens (tertiary/aromatic N) is 1. The van der Waals surface area contributed by atoms with Gasteiger partial charge in [0.15, 0.2) is 0 Å². The average molecular weight is 277 g/mol. The van der Waals surface area contributed by atoms with E-state index in [-0.39, 0.29) is 25.1 Å². The van der Waals surface area contributed by atoms with Crippen molar-refractivity contribution in [3.05, 3.63) is 34.9 Å². The number of benzene rings is 1. The fourth-order valence-corrected chi connectivity index (χ4v) is 2.24. The molecule has 5 heteroatoms. The van der Waals surface area contributed by atoms with Crippen molar-refractivity contribution >= 4 is 24.0 Å². The first-order chi connectivity index (χ1) is 7.81. The highest BCUT2D eigenvalue weighted by Gasteiger charge is 2.20. The van der Waals surface area contributed by atoms with E-state index in [0.29, 0.717) is 0 Å². The summed E-state index contributed by atoms with van der Waals surface area (Å²) in [6.07, 6.45) is 0. The number of aliphatic hydroxyl groups is 1. The van der Waals surface area contributed by atoms with Gasteiger partial charge in [-0.3, -0.25) is 4.90 Å². The summed E-state index contributed by atoms with van der Waals surface area (Å²) in [5.41, 5.74) is 1.13. The van der Waals surface area contributed by atoms with E-state index in [4.69, 9.17) is 11.6 Å². The van der Waals surface area contributed by atoms with Gasteiger partial charge in [-0.05, 0) is 17.7 Å². The minimum absolute atomic E-state index is 0. The molecule has 0 saturated carbocycles. The zero-order valence-electron chi connectivity index (χ0n) is 9.60. The molecule has 2 rings (SSSR count). The van der Waals surface area contributed by atoms with Crippen LogP contribution in [-0.4, -0.2) is 42.8 Å². The maximum absolute atomic E-state index is 9.51. The first-order valence-corrected chi connectivity index (χ1v) is 6.00. The second-order valence-electron chi connectivity index (χ2n) is 4.04. The molecule has 1 aromatic rings. The third-order valence-electron chi connectivity index (χ3n) is 3.02. The molecule has 1 fully saturated rings. The number of hydrogen-bond acceptors (Lipinski definition) is 3. The lowest BCUT2D eigenvalue weighted by Crippen LogP contribution is -2.46. The predicted molar refractivity (Wildman–Crippen MR) is 73.0 cm³/mol. The molecular weight excluding hydrogens is 259 g/mol. The van der Waals surface area contributed by atoms with Crippen LogP contribution in [0.3, 0.4) is 0 Å². The number of aliphatic hydroxyl groups excluding tert-OH is 1. The Kier molecular flexibility index (Phi) is 6.23. The van der Waals surface area contributed by atoms with Crippen LogP contribution in [0.4, 0.5) is 0 Å². The number of hydrogen-bond donors (Lipinski definition) is 2. The third kappa shape index (κ3) is 3.83. The second kappa shape index (κ2) is 7.19. The van der Waals surface area contributed by atoms with Gasteiger partial charge in [0.2, 0.25) is 0 Å². The van der Waals surface area contributed by atoms with Crippen LogP contribution in [-0.2, 0) is 0 Å². The van der Waals surface area contributed by atoms with E-state index < -0.39 is 0 Å². The van der Waals surface area contributed by atoms with Crippen molar-refractivity contribution in [1.82, 2.24) is 10.2 Å². The van der Waals surface area contributed by atoms with Crippen LogP contribution in [0.25, 0.3) is 0 Å². The first kappa shape index (κ1) is 14.7. The zero-order valence-corrected chi connectivity index (χ0v) is 11.2.